The molecule has 2 aromatic heterocycles. The Morgan fingerprint density at radius 3 is 2.53 bits per heavy atom. The maximum absolute atomic E-state index is 4.65. The van der Waals surface area contributed by atoms with Crippen LogP contribution in [0.15, 0.2) is 16.8 Å². The third-order valence-corrected chi connectivity index (χ3v) is 3.91. The maximum Gasteiger partial charge on any atom is 0.160 e. The van der Waals surface area contributed by atoms with Crippen LogP contribution in [0.5, 0.6) is 0 Å². The predicted molar refractivity (Wildman–Crippen MR) is 81.7 cm³/mol. The SMILES string of the molecule is CCNCCCc1c(C)nc(-c2ccsc2)nc1C. The highest BCUT2D eigenvalue weighted by Crippen LogP contribution is 2.21. The van der Waals surface area contributed by atoms with Crippen molar-refractivity contribution in [3.05, 3.63) is 33.8 Å². The smallest absolute Gasteiger partial charge is 0.160 e. The molecule has 19 heavy (non-hydrogen) atoms. The van der Waals surface area contributed by atoms with Gasteiger partial charge in [0, 0.05) is 22.3 Å². The van der Waals surface area contributed by atoms with E-state index in [4.69, 9.17) is 0 Å². The number of rotatable bonds is 6. The van der Waals surface area contributed by atoms with E-state index in [1.807, 2.05) is 0 Å². The number of hydrogen-bond donors (Lipinski definition) is 1. The van der Waals surface area contributed by atoms with Gasteiger partial charge >= 0.3 is 0 Å². The van der Waals surface area contributed by atoms with E-state index in [9.17, 15) is 0 Å². The molecule has 0 amide bonds. The second-order valence-electron chi connectivity index (χ2n) is 4.67. The molecule has 0 bridgehead atoms. The third kappa shape index (κ3) is 3.61. The van der Waals surface area contributed by atoms with Gasteiger partial charge in [-0.25, -0.2) is 9.97 Å². The van der Waals surface area contributed by atoms with Crippen molar-refractivity contribution in [1.82, 2.24) is 15.3 Å². The van der Waals surface area contributed by atoms with Crippen LogP contribution in [0.4, 0.5) is 0 Å². The van der Waals surface area contributed by atoms with Crippen LogP contribution in [0.3, 0.4) is 0 Å². The van der Waals surface area contributed by atoms with Crippen molar-refractivity contribution < 1.29 is 0 Å². The lowest BCUT2D eigenvalue weighted by Crippen LogP contribution is -2.15. The zero-order valence-corrected chi connectivity index (χ0v) is 12.7. The minimum atomic E-state index is 0.853. The summed E-state index contributed by atoms with van der Waals surface area (Å²) in [5, 5.41) is 7.51. The molecule has 0 unspecified atom stereocenters. The number of hydrogen-bond acceptors (Lipinski definition) is 4. The highest BCUT2D eigenvalue weighted by atomic mass is 32.1. The summed E-state index contributed by atoms with van der Waals surface area (Å²) in [5.41, 5.74) is 4.66. The van der Waals surface area contributed by atoms with E-state index in [0.717, 1.165) is 48.7 Å². The number of thiophene rings is 1. The molecule has 2 heterocycles. The Morgan fingerprint density at radius 1 is 1.21 bits per heavy atom. The Hall–Kier alpha value is -1.26. The van der Waals surface area contributed by atoms with E-state index in [1.165, 1.54) is 5.56 Å². The highest BCUT2D eigenvalue weighted by Gasteiger charge is 2.09. The van der Waals surface area contributed by atoms with Crippen molar-refractivity contribution in [3.8, 4) is 11.4 Å². The van der Waals surface area contributed by atoms with E-state index in [-0.39, 0.29) is 0 Å². The monoisotopic (exact) mass is 275 g/mol. The van der Waals surface area contributed by atoms with Crippen LogP contribution >= 0.6 is 11.3 Å². The Bertz CT molecular complexity index is 497. The molecule has 0 aromatic carbocycles. The normalized spacial score (nSPS) is 10.9. The summed E-state index contributed by atoms with van der Waals surface area (Å²) in [6.07, 6.45) is 2.19. The zero-order chi connectivity index (χ0) is 13.7. The van der Waals surface area contributed by atoms with E-state index in [0.29, 0.717) is 0 Å². The predicted octanol–water partition coefficient (Wildman–Crippen LogP) is 3.36. The van der Waals surface area contributed by atoms with Crippen LogP contribution in [0.1, 0.15) is 30.3 Å². The summed E-state index contributed by atoms with van der Waals surface area (Å²) in [5.74, 6) is 0.853. The van der Waals surface area contributed by atoms with Crippen LogP contribution in [0.2, 0.25) is 0 Å². The van der Waals surface area contributed by atoms with Gasteiger partial charge < -0.3 is 5.32 Å². The lowest BCUT2D eigenvalue weighted by Gasteiger charge is -2.10. The van der Waals surface area contributed by atoms with Crippen molar-refractivity contribution in [2.45, 2.75) is 33.6 Å². The fraction of sp³-hybridized carbons (Fsp3) is 0.467. The molecule has 0 aliphatic heterocycles. The first-order chi connectivity index (χ1) is 9.22. The van der Waals surface area contributed by atoms with Crippen LogP contribution < -0.4 is 5.32 Å². The fourth-order valence-corrected chi connectivity index (χ4v) is 2.82. The summed E-state index contributed by atoms with van der Waals surface area (Å²) in [6, 6.07) is 2.07. The first-order valence-corrected chi connectivity index (χ1v) is 7.74. The number of aryl methyl sites for hydroxylation is 2. The lowest BCUT2D eigenvalue weighted by molar-refractivity contribution is 0.667. The first kappa shape index (κ1) is 14.2. The average molecular weight is 275 g/mol. The zero-order valence-electron chi connectivity index (χ0n) is 11.9. The van der Waals surface area contributed by atoms with Crippen LogP contribution in [-0.2, 0) is 6.42 Å². The van der Waals surface area contributed by atoms with Gasteiger partial charge in [-0.15, -0.1) is 0 Å². The number of nitrogens with one attached hydrogen (secondary N) is 1. The molecule has 0 aliphatic rings. The van der Waals surface area contributed by atoms with E-state index >= 15 is 0 Å². The van der Waals surface area contributed by atoms with E-state index < -0.39 is 0 Å². The van der Waals surface area contributed by atoms with E-state index in [1.54, 1.807) is 11.3 Å². The second kappa shape index (κ2) is 6.78. The Balaban J connectivity index is 2.13. The van der Waals surface area contributed by atoms with Crippen molar-refractivity contribution in [2.75, 3.05) is 13.1 Å². The quantitative estimate of drug-likeness (QED) is 0.821. The molecule has 0 atom stereocenters. The molecule has 0 fully saturated rings. The summed E-state index contributed by atoms with van der Waals surface area (Å²) < 4.78 is 0. The summed E-state index contributed by atoms with van der Waals surface area (Å²) >= 11 is 1.68. The molecule has 0 spiro atoms. The molecule has 102 valence electrons. The molecule has 0 radical (unpaired) electrons. The Morgan fingerprint density at radius 2 is 1.95 bits per heavy atom. The van der Waals surface area contributed by atoms with Gasteiger partial charge in [0.15, 0.2) is 5.82 Å². The van der Waals surface area contributed by atoms with Crippen molar-refractivity contribution in [2.24, 2.45) is 0 Å². The highest BCUT2D eigenvalue weighted by molar-refractivity contribution is 7.08. The number of nitrogens with zero attached hydrogens (tertiary/aromatic N) is 2. The standard InChI is InChI=1S/C15H21N3S/c1-4-16-8-5-6-14-11(2)17-15(18-12(14)3)13-7-9-19-10-13/h7,9-10,16H,4-6,8H2,1-3H3. The molecule has 0 saturated heterocycles. The molecule has 0 aliphatic carbocycles. The number of aromatic nitrogens is 2. The Labute approximate surface area is 119 Å². The van der Waals surface area contributed by atoms with Gasteiger partial charge in [0.1, 0.15) is 0 Å². The van der Waals surface area contributed by atoms with Crippen molar-refractivity contribution in [3.63, 3.8) is 0 Å². The Kier molecular flexibility index (Phi) is 5.05. The average Bonchev–Trinajstić information content (AvgIpc) is 2.90. The van der Waals surface area contributed by atoms with Gasteiger partial charge in [-0.3, -0.25) is 0 Å². The molecular weight excluding hydrogens is 254 g/mol. The van der Waals surface area contributed by atoms with Crippen LogP contribution in [-0.4, -0.2) is 23.1 Å². The van der Waals surface area contributed by atoms with Gasteiger partial charge in [-0.2, -0.15) is 11.3 Å². The molecule has 0 saturated carbocycles. The van der Waals surface area contributed by atoms with Gasteiger partial charge in [-0.1, -0.05) is 6.92 Å². The summed E-state index contributed by atoms with van der Waals surface area (Å²) in [4.78, 5) is 9.30. The van der Waals surface area contributed by atoms with Gasteiger partial charge in [0.05, 0.1) is 0 Å². The summed E-state index contributed by atoms with van der Waals surface area (Å²) in [6.45, 7) is 8.41. The van der Waals surface area contributed by atoms with Gasteiger partial charge in [-0.05, 0) is 56.8 Å². The molecular formula is C15H21N3S. The topological polar surface area (TPSA) is 37.8 Å². The first-order valence-electron chi connectivity index (χ1n) is 6.79. The van der Waals surface area contributed by atoms with Crippen molar-refractivity contribution in [1.29, 1.82) is 0 Å². The van der Waals surface area contributed by atoms with Crippen LogP contribution in [0, 0.1) is 13.8 Å². The van der Waals surface area contributed by atoms with Gasteiger partial charge in [0.25, 0.3) is 0 Å². The van der Waals surface area contributed by atoms with Gasteiger partial charge in [0.2, 0.25) is 0 Å². The minimum absolute atomic E-state index is 0.853. The van der Waals surface area contributed by atoms with E-state index in [2.05, 4.69) is 52.9 Å². The third-order valence-electron chi connectivity index (χ3n) is 3.23. The molecule has 4 heteroatoms. The summed E-state index contributed by atoms with van der Waals surface area (Å²) in [7, 11) is 0. The molecule has 1 N–H and O–H groups in total. The van der Waals surface area contributed by atoms with Crippen LogP contribution in [0.25, 0.3) is 11.4 Å². The minimum Gasteiger partial charge on any atom is -0.317 e. The molecule has 3 nitrogen and oxygen atoms in total. The fourth-order valence-electron chi connectivity index (χ4n) is 2.19. The lowest BCUT2D eigenvalue weighted by atomic mass is 10.1. The maximum atomic E-state index is 4.65. The molecule has 2 rings (SSSR count). The molecule has 2 aromatic rings. The second-order valence-corrected chi connectivity index (χ2v) is 5.45. The van der Waals surface area contributed by atoms with Crippen molar-refractivity contribution >= 4 is 11.3 Å². The largest absolute Gasteiger partial charge is 0.317 e.